The van der Waals surface area contributed by atoms with Gasteiger partial charge in [0, 0.05) is 17.7 Å². The summed E-state index contributed by atoms with van der Waals surface area (Å²) in [5, 5.41) is 9.93. The minimum atomic E-state index is -0.261. The van der Waals surface area contributed by atoms with E-state index in [1.54, 1.807) is 16.9 Å². The number of ether oxygens (including phenoxy) is 1. The Kier molecular flexibility index (Phi) is 3.51. The van der Waals surface area contributed by atoms with Crippen LogP contribution in [0.25, 0.3) is 0 Å². The Hall–Kier alpha value is -2.50. The van der Waals surface area contributed by atoms with Crippen LogP contribution >= 0.6 is 0 Å². The molecule has 1 aliphatic rings. The van der Waals surface area contributed by atoms with Crippen molar-refractivity contribution in [2.75, 3.05) is 11.9 Å². The Bertz CT molecular complexity index is 651. The predicted octanol–water partition coefficient (Wildman–Crippen LogP) is 2.72. The molecule has 2 aromatic rings. The van der Waals surface area contributed by atoms with Gasteiger partial charge < -0.3 is 10.1 Å². The van der Waals surface area contributed by atoms with Gasteiger partial charge in [0.05, 0.1) is 12.2 Å². The Morgan fingerprint density at radius 2 is 2.19 bits per heavy atom. The standard InChI is InChI=1S/C15H18N4O2/c1-10(2)19-14(7-8-16-19)18-15(20)17-12-9-21-13-6-4-3-5-11(12)13/h3-8,10,12H,9H2,1-2H3,(H2,17,18,20). The fraction of sp³-hybridized carbons (Fsp3) is 0.333. The molecule has 21 heavy (non-hydrogen) atoms. The van der Waals surface area contributed by atoms with Gasteiger partial charge in [0.15, 0.2) is 0 Å². The van der Waals surface area contributed by atoms with Gasteiger partial charge >= 0.3 is 6.03 Å². The van der Waals surface area contributed by atoms with Crippen LogP contribution in [0.15, 0.2) is 36.5 Å². The summed E-state index contributed by atoms with van der Waals surface area (Å²) in [5.74, 6) is 1.50. The van der Waals surface area contributed by atoms with E-state index in [1.165, 1.54) is 0 Å². The lowest BCUT2D eigenvalue weighted by Gasteiger charge is -2.15. The molecule has 2 N–H and O–H groups in total. The van der Waals surface area contributed by atoms with E-state index in [2.05, 4.69) is 15.7 Å². The number of fused-ring (bicyclic) bond motifs is 1. The highest BCUT2D eigenvalue weighted by Gasteiger charge is 2.25. The summed E-state index contributed by atoms with van der Waals surface area (Å²) in [6.07, 6.45) is 1.67. The number of rotatable bonds is 3. The second-order valence-electron chi connectivity index (χ2n) is 5.25. The largest absolute Gasteiger partial charge is 0.491 e. The molecule has 2 amide bonds. The van der Waals surface area contributed by atoms with Gasteiger partial charge in [-0.15, -0.1) is 0 Å². The maximum atomic E-state index is 12.1. The molecule has 0 fully saturated rings. The number of anilines is 1. The van der Waals surface area contributed by atoms with Crippen LogP contribution in [-0.4, -0.2) is 22.4 Å². The van der Waals surface area contributed by atoms with E-state index in [4.69, 9.17) is 4.74 Å². The number of hydrogen-bond donors (Lipinski definition) is 2. The topological polar surface area (TPSA) is 68.2 Å². The molecule has 1 aliphatic heterocycles. The molecule has 3 rings (SSSR count). The molecule has 0 bridgehead atoms. The van der Waals surface area contributed by atoms with E-state index in [1.807, 2.05) is 38.1 Å². The summed E-state index contributed by atoms with van der Waals surface area (Å²) in [7, 11) is 0. The highest BCUT2D eigenvalue weighted by Crippen LogP contribution is 2.31. The van der Waals surface area contributed by atoms with Gasteiger partial charge in [-0.1, -0.05) is 18.2 Å². The molecule has 1 aromatic carbocycles. The molecule has 1 atom stereocenters. The molecule has 0 spiro atoms. The van der Waals surface area contributed by atoms with Crippen molar-refractivity contribution in [2.45, 2.75) is 25.9 Å². The maximum Gasteiger partial charge on any atom is 0.321 e. The first-order chi connectivity index (χ1) is 10.1. The lowest BCUT2D eigenvalue weighted by Crippen LogP contribution is -2.34. The smallest absolute Gasteiger partial charge is 0.321 e. The summed E-state index contributed by atoms with van der Waals surface area (Å²) in [6, 6.07) is 9.30. The van der Waals surface area contributed by atoms with Gasteiger partial charge in [-0.3, -0.25) is 5.32 Å². The molecule has 2 heterocycles. The zero-order valence-corrected chi connectivity index (χ0v) is 12.0. The predicted molar refractivity (Wildman–Crippen MR) is 79.4 cm³/mol. The van der Waals surface area contributed by atoms with Crippen molar-refractivity contribution in [3.05, 3.63) is 42.1 Å². The summed E-state index contributed by atoms with van der Waals surface area (Å²) >= 11 is 0. The first kappa shape index (κ1) is 13.5. The van der Waals surface area contributed by atoms with Crippen LogP contribution in [0.4, 0.5) is 10.6 Å². The molecule has 0 saturated carbocycles. The third kappa shape index (κ3) is 2.69. The average molecular weight is 286 g/mol. The zero-order valence-electron chi connectivity index (χ0n) is 12.0. The number of amides is 2. The van der Waals surface area contributed by atoms with Crippen molar-refractivity contribution >= 4 is 11.8 Å². The minimum Gasteiger partial charge on any atom is -0.491 e. The number of hydrogen-bond acceptors (Lipinski definition) is 3. The quantitative estimate of drug-likeness (QED) is 0.911. The van der Waals surface area contributed by atoms with E-state index in [0.29, 0.717) is 12.4 Å². The van der Waals surface area contributed by atoms with Gasteiger partial charge in [-0.05, 0) is 19.9 Å². The Morgan fingerprint density at radius 1 is 1.38 bits per heavy atom. The van der Waals surface area contributed by atoms with E-state index in [-0.39, 0.29) is 18.1 Å². The van der Waals surface area contributed by atoms with Crippen LogP contribution in [0, 0.1) is 0 Å². The van der Waals surface area contributed by atoms with Crippen LogP contribution in [0.3, 0.4) is 0 Å². The van der Waals surface area contributed by atoms with Crippen LogP contribution in [0.1, 0.15) is 31.5 Å². The monoisotopic (exact) mass is 286 g/mol. The summed E-state index contributed by atoms with van der Waals surface area (Å²) in [6.45, 7) is 4.48. The van der Waals surface area contributed by atoms with Gasteiger partial charge in [-0.25, -0.2) is 9.48 Å². The van der Waals surface area contributed by atoms with Crippen molar-refractivity contribution in [3.63, 3.8) is 0 Å². The van der Waals surface area contributed by atoms with E-state index >= 15 is 0 Å². The normalized spacial score (nSPS) is 16.4. The number of urea groups is 1. The van der Waals surface area contributed by atoms with Crippen molar-refractivity contribution in [2.24, 2.45) is 0 Å². The first-order valence-electron chi connectivity index (χ1n) is 6.98. The molecule has 110 valence electrons. The van der Waals surface area contributed by atoms with Gasteiger partial charge in [0.25, 0.3) is 0 Å². The number of aromatic nitrogens is 2. The van der Waals surface area contributed by atoms with E-state index in [0.717, 1.165) is 11.3 Å². The Labute approximate surface area is 123 Å². The molecule has 0 saturated heterocycles. The fourth-order valence-corrected chi connectivity index (χ4v) is 2.42. The molecular formula is C15H18N4O2. The number of nitrogens with zero attached hydrogens (tertiary/aromatic N) is 2. The number of carbonyl (C=O) groups is 1. The Balaban J connectivity index is 1.67. The molecule has 0 radical (unpaired) electrons. The lowest BCUT2D eigenvalue weighted by atomic mass is 10.1. The summed E-state index contributed by atoms with van der Waals surface area (Å²) < 4.78 is 7.31. The lowest BCUT2D eigenvalue weighted by molar-refractivity contribution is 0.243. The number of carbonyl (C=O) groups excluding carboxylic acids is 1. The zero-order chi connectivity index (χ0) is 14.8. The maximum absolute atomic E-state index is 12.1. The van der Waals surface area contributed by atoms with Crippen molar-refractivity contribution in [3.8, 4) is 5.75 Å². The van der Waals surface area contributed by atoms with Crippen molar-refractivity contribution in [1.29, 1.82) is 0 Å². The molecule has 1 aromatic heterocycles. The van der Waals surface area contributed by atoms with Gasteiger partial charge in [0.2, 0.25) is 0 Å². The van der Waals surface area contributed by atoms with Gasteiger partial charge in [0.1, 0.15) is 18.2 Å². The van der Waals surface area contributed by atoms with Crippen LogP contribution in [0.2, 0.25) is 0 Å². The van der Waals surface area contributed by atoms with Crippen LogP contribution in [0.5, 0.6) is 5.75 Å². The van der Waals surface area contributed by atoms with Crippen LogP contribution in [-0.2, 0) is 0 Å². The highest BCUT2D eigenvalue weighted by atomic mass is 16.5. The Morgan fingerprint density at radius 3 is 3.00 bits per heavy atom. The fourth-order valence-electron chi connectivity index (χ4n) is 2.42. The van der Waals surface area contributed by atoms with E-state index < -0.39 is 0 Å². The summed E-state index contributed by atoms with van der Waals surface area (Å²) in [4.78, 5) is 12.1. The first-order valence-corrected chi connectivity index (χ1v) is 6.98. The second-order valence-corrected chi connectivity index (χ2v) is 5.25. The highest BCUT2D eigenvalue weighted by molar-refractivity contribution is 5.88. The molecule has 6 nitrogen and oxygen atoms in total. The SMILES string of the molecule is CC(C)n1nccc1NC(=O)NC1COc2ccccc21. The van der Waals surface area contributed by atoms with Crippen molar-refractivity contribution < 1.29 is 9.53 Å². The van der Waals surface area contributed by atoms with Crippen LogP contribution < -0.4 is 15.4 Å². The number of nitrogens with one attached hydrogen (secondary N) is 2. The van der Waals surface area contributed by atoms with E-state index in [9.17, 15) is 4.79 Å². The minimum absolute atomic E-state index is 0.128. The third-order valence-corrected chi connectivity index (χ3v) is 3.41. The second kappa shape index (κ2) is 5.47. The number of benzene rings is 1. The average Bonchev–Trinajstić information content (AvgIpc) is 3.06. The van der Waals surface area contributed by atoms with Gasteiger partial charge in [-0.2, -0.15) is 5.10 Å². The molecule has 1 unspecified atom stereocenters. The molecular weight excluding hydrogens is 268 g/mol. The molecule has 0 aliphatic carbocycles. The van der Waals surface area contributed by atoms with Crippen molar-refractivity contribution in [1.82, 2.24) is 15.1 Å². The molecule has 6 heteroatoms. The number of para-hydroxylation sites is 1. The summed E-state index contributed by atoms with van der Waals surface area (Å²) in [5.41, 5.74) is 1.00. The third-order valence-electron chi connectivity index (χ3n) is 3.41.